The molecule has 0 amide bonds. The second-order valence-electron chi connectivity index (χ2n) is 2.16. The number of anilines is 1. The average molecular weight is 277 g/mol. The Hall–Kier alpha value is 0.530. The summed E-state index contributed by atoms with van der Waals surface area (Å²) in [7, 11) is 0. The van der Waals surface area contributed by atoms with Crippen LogP contribution in [0.15, 0.2) is 24.3 Å². The van der Waals surface area contributed by atoms with Crippen LogP contribution in [0, 0.1) is 0 Å². The Labute approximate surface area is 101 Å². The number of alkyl halides is 3. The zero-order valence-electron chi connectivity index (χ0n) is 6.23. The van der Waals surface area contributed by atoms with Gasteiger partial charge in [0, 0.05) is 22.7 Å². The summed E-state index contributed by atoms with van der Waals surface area (Å²) in [6, 6.07) is 7.10. The standard InChI is InChI=1S/C7H5Cl4NS/c8-5-1-3-6(4-2-5)12-13-7(9,10)11/h1-4,12H. The van der Waals surface area contributed by atoms with E-state index in [1.54, 1.807) is 24.3 Å². The van der Waals surface area contributed by atoms with Crippen LogP contribution in [0.1, 0.15) is 0 Å². The molecule has 1 rings (SSSR count). The van der Waals surface area contributed by atoms with Crippen LogP contribution in [-0.4, -0.2) is 3.12 Å². The molecule has 0 aliphatic rings. The molecule has 1 aromatic rings. The maximum absolute atomic E-state index is 5.69. The summed E-state index contributed by atoms with van der Waals surface area (Å²) in [6.07, 6.45) is 0. The number of hydrogen-bond donors (Lipinski definition) is 1. The molecular weight excluding hydrogens is 272 g/mol. The Morgan fingerprint density at radius 2 is 1.62 bits per heavy atom. The van der Waals surface area contributed by atoms with E-state index >= 15 is 0 Å². The van der Waals surface area contributed by atoms with Crippen molar-refractivity contribution in [3.05, 3.63) is 29.3 Å². The van der Waals surface area contributed by atoms with Crippen molar-refractivity contribution in [2.75, 3.05) is 4.72 Å². The molecule has 0 aliphatic heterocycles. The lowest BCUT2D eigenvalue weighted by atomic mass is 10.3. The van der Waals surface area contributed by atoms with E-state index in [-0.39, 0.29) is 0 Å². The van der Waals surface area contributed by atoms with Crippen molar-refractivity contribution in [1.82, 2.24) is 0 Å². The zero-order valence-corrected chi connectivity index (χ0v) is 10.1. The molecule has 0 aromatic heterocycles. The van der Waals surface area contributed by atoms with Crippen LogP contribution in [-0.2, 0) is 0 Å². The molecule has 0 bridgehead atoms. The molecule has 0 saturated carbocycles. The maximum atomic E-state index is 5.69. The molecule has 0 heterocycles. The molecule has 0 fully saturated rings. The van der Waals surface area contributed by atoms with Crippen LogP contribution in [0.5, 0.6) is 0 Å². The van der Waals surface area contributed by atoms with Gasteiger partial charge in [-0.1, -0.05) is 46.4 Å². The fourth-order valence-corrected chi connectivity index (χ4v) is 1.48. The highest BCUT2D eigenvalue weighted by Gasteiger charge is 2.20. The first-order valence-electron chi connectivity index (χ1n) is 3.24. The Morgan fingerprint density at radius 3 is 2.08 bits per heavy atom. The molecule has 0 saturated heterocycles. The number of rotatable bonds is 2. The van der Waals surface area contributed by atoms with Crippen molar-refractivity contribution in [2.45, 2.75) is 3.12 Å². The van der Waals surface area contributed by atoms with Crippen molar-refractivity contribution >= 4 is 64.0 Å². The molecule has 1 aromatic carbocycles. The Bertz CT molecular complexity index is 269. The van der Waals surface area contributed by atoms with E-state index in [4.69, 9.17) is 46.4 Å². The minimum absolute atomic E-state index is 0.671. The maximum Gasteiger partial charge on any atom is 0.256 e. The summed E-state index contributed by atoms with van der Waals surface area (Å²) in [5.74, 6) is 0. The molecule has 1 nitrogen and oxygen atoms in total. The Balaban J connectivity index is 2.51. The lowest BCUT2D eigenvalue weighted by Crippen LogP contribution is -1.99. The summed E-state index contributed by atoms with van der Waals surface area (Å²) in [6.45, 7) is 0. The monoisotopic (exact) mass is 275 g/mol. The number of hydrogen-bond acceptors (Lipinski definition) is 2. The van der Waals surface area contributed by atoms with Gasteiger partial charge < -0.3 is 4.72 Å². The number of nitrogens with one attached hydrogen (secondary N) is 1. The molecule has 1 N–H and O–H groups in total. The molecule has 0 spiro atoms. The van der Waals surface area contributed by atoms with Crippen molar-refractivity contribution < 1.29 is 0 Å². The topological polar surface area (TPSA) is 12.0 Å². The van der Waals surface area contributed by atoms with E-state index < -0.39 is 3.12 Å². The van der Waals surface area contributed by atoms with E-state index in [0.717, 1.165) is 17.6 Å². The van der Waals surface area contributed by atoms with E-state index in [0.29, 0.717) is 5.02 Å². The second-order valence-corrected chi connectivity index (χ2v) is 6.57. The van der Waals surface area contributed by atoms with Crippen LogP contribution in [0.4, 0.5) is 5.69 Å². The normalized spacial score (nSPS) is 11.4. The lowest BCUT2D eigenvalue weighted by molar-refractivity contribution is 1.66. The quantitative estimate of drug-likeness (QED) is 0.619. The molecule has 0 unspecified atom stereocenters. The van der Waals surface area contributed by atoms with Gasteiger partial charge in [0.25, 0.3) is 3.12 Å². The summed E-state index contributed by atoms with van der Waals surface area (Å²) < 4.78 is 1.51. The van der Waals surface area contributed by atoms with Crippen LogP contribution in [0.25, 0.3) is 0 Å². The highest BCUT2D eigenvalue weighted by molar-refractivity contribution is 8.05. The van der Waals surface area contributed by atoms with Gasteiger partial charge in [0.1, 0.15) is 0 Å². The van der Waals surface area contributed by atoms with E-state index in [2.05, 4.69) is 4.72 Å². The summed E-state index contributed by atoms with van der Waals surface area (Å²) >= 11 is 23.2. The molecule has 0 radical (unpaired) electrons. The van der Waals surface area contributed by atoms with Crippen molar-refractivity contribution in [3.8, 4) is 0 Å². The van der Waals surface area contributed by atoms with Gasteiger partial charge in [-0.05, 0) is 24.3 Å². The first kappa shape index (κ1) is 11.6. The molecule has 0 aliphatic carbocycles. The third kappa shape index (κ3) is 5.08. The molecule has 6 heteroatoms. The first-order valence-corrected chi connectivity index (χ1v) is 5.56. The van der Waals surface area contributed by atoms with E-state index in [1.165, 1.54) is 0 Å². The summed E-state index contributed by atoms with van der Waals surface area (Å²) in [5, 5.41) is 0.671. The van der Waals surface area contributed by atoms with Gasteiger partial charge in [-0.2, -0.15) is 0 Å². The van der Waals surface area contributed by atoms with Gasteiger partial charge >= 0.3 is 0 Å². The molecule has 13 heavy (non-hydrogen) atoms. The third-order valence-corrected chi connectivity index (χ3v) is 2.64. The van der Waals surface area contributed by atoms with E-state index in [1.807, 2.05) is 0 Å². The fourth-order valence-electron chi connectivity index (χ4n) is 0.635. The fraction of sp³-hybridized carbons (Fsp3) is 0.143. The van der Waals surface area contributed by atoms with Gasteiger partial charge in [-0.25, -0.2) is 0 Å². The summed E-state index contributed by atoms with van der Waals surface area (Å²) in [5.41, 5.74) is 0.834. The second kappa shape index (κ2) is 4.85. The molecule has 72 valence electrons. The average Bonchev–Trinajstić information content (AvgIpc) is 2.02. The largest absolute Gasteiger partial charge is 0.326 e. The first-order chi connectivity index (χ1) is 5.97. The van der Waals surface area contributed by atoms with Gasteiger partial charge in [-0.3, -0.25) is 0 Å². The van der Waals surface area contributed by atoms with Gasteiger partial charge in [0.2, 0.25) is 0 Å². The number of benzene rings is 1. The zero-order chi connectivity index (χ0) is 9.90. The van der Waals surface area contributed by atoms with Gasteiger partial charge in [-0.15, -0.1) is 0 Å². The molecule has 0 atom stereocenters. The van der Waals surface area contributed by atoms with Crippen molar-refractivity contribution in [1.29, 1.82) is 0 Å². The SMILES string of the molecule is Clc1ccc(NSC(Cl)(Cl)Cl)cc1. The van der Waals surface area contributed by atoms with Crippen LogP contribution >= 0.6 is 58.4 Å². The smallest absolute Gasteiger partial charge is 0.256 e. The highest BCUT2D eigenvalue weighted by Crippen LogP contribution is 2.38. The Kier molecular flexibility index (Phi) is 4.33. The minimum Gasteiger partial charge on any atom is -0.326 e. The minimum atomic E-state index is -1.36. The number of halogens is 4. The van der Waals surface area contributed by atoms with Crippen LogP contribution < -0.4 is 4.72 Å². The summed E-state index contributed by atoms with van der Waals surface area (Å²) in [4.78, 5) is 0. The van der Waals surface area contributed by atoms with Crippen LogP contribution in [0.3, 0.4) is 0 Å². The van der Waals surface area contributed by atoms with E-state index in [9.17, 15) is 0 Å². The predicted molar refractivity (Wildman–Crippen MR) is 63.0 cm³/mol. The third-order valence-electron chi connectivity index (χ3n) is 1.13. The predicted octanol–water partition coefficient (Wildman–Crippen LogP) is 4.73. The van der Waals surface area contributed by atoms with Crippen molar-refractivity contribution in [3.63, 3.8) is 0 Å². The van der Waals surface area contributed by atoms with Crippen LogP contribution in [0.2, 0.25) is 5.02 Å². The Morgan fingerprint density at radius 1 is 1.08 bits per heavy atom. The van der Waals surface area contributed by atoms with Gasteiger partial charge in [0.05, 0.1) is 0 Å². The highest BCUT2D eigenvalue weighted by atomic mass is 35.6. The molecular formula is C7H5Cl4NS. The lowest BCUT2D eigenvalue weighted by Gasteiger charge is -2.11. The van der Waals surface area contributed by atoms with Crippen molar-refractivity contribution in [2.24, 2.45) is 0 Å². The van der Waals surface area contributed by atoms with Gasteiger partial charge in [0.15, 0.2) is 0 Å².